The maximum Gasteiger partial charge on any atom is 0.283 e. The first-order valence-corrected chi connectivity index (χ1v) is 12.2. The zero-order chi connectivity index (χ0) is 23.2. The molecule has 2 aromatic carbocycles. The molecule has 2 heterocycles. The van der Waals surface area contributed by atoms with E-state index in [0.717, 1.165) is 40.1 Å². The first-order chi connectivity index (χ1) is 16.0. The molecule has 0 atom stereocenters. The molecule has 0 bridgehead atoms. The van der Waals surface area contributed by atoms with Crippen LogP contribution in [0.4, 0.5) is 0 Å². The van der Waals surface area contributed by atoms with Gasteiger partial charge in [-0.3, -0.25) is 10.2 Å². The number of hydrazone groups is 1. The van der Waals surface area contributed by atoms with Crippen LogP contribution in [0.5, 0.6) is 11.5 Å². The van der Waals surface area contributed by atoms with Crippen LogP contribution < -0.4 is 9.47 Å². The summed E-state index contributed by atoms with van der Waals surface area (Å²) in [6, 6.07) is 15.0. The number of hydrogen-bond donors (Lipinski definition) is 1. The second-order valence-corrected chi connectivity index (χ2v) is 9.29. The monoisotopic (exact) mass is 526 g/mol. The van der Waals surface area contributed by atoms with Crippen molar-refractivity contribution in [2.45, 2.75) is 26.2 Å². The second kappa shape index (κ2) is 10.8. The van der Waals surface area contributed by atoms with E-state index in [1.54, 1.807) is 6.08 Å². The first-order valence-electron chi connectivity index (χ1n) is 10.6. The summed E-state index contributed by atoms with van der Waals surface area (Å²) < 4.78 is 12.4. The Kier molecular flexibility index (Phi) is 7.61. The molecule has 0 unspecified atom stereocenters. The van der Waals surface area contributed by atoms with E-state index in [9.17, 15) is 4.79 Å². The molecule has 170 valence electrons. The number of carbonyl (C=O) groups is 1. The van der Waals surface area contributed by atoms with Crippen molar-refractivity contribution in [3.8, 4) is 11.5 Å². The highest BCUT2D eigenvalue weighted by atomic mass is 79.9. The minimum Gasteiger partial charge on any atom is -0.490 e. The zero-order valence-corrected chi connectivity index (χ0v) is 20.5. The fourth-order valence-corrected chi connectivity index (χ4v) is 4.33. The zero-order valence-electron chi connectivity index (χ0n) is 18.1. The van der Waals surface area contributed by atoms with Crippen molar-refractivity contribution in [1.82, 2.24) is 5.01 Å². The lowest BCUT2D eigenvalue weighted by molar-refractivity contribution is -0.114. The number of fused-ring (bicyclic) bond motifs is 1. The van der Waals surface area contributed by atoms with E-state index in [1.165, 1.54) is 16.8 Å². The number of thioether (sulfide) groups is 1. The van der Waals surface area contributed by atoms with Gasteiger partial charge in [-0.05, 0) is 72.6 Å². The summed E-state index contributed by atoms with van der Waals surface area (Å²) in [6.07, 6.45) is 4.57. The van der Waals surface area contributed by atoms with Crippen LogP contribution in [0, 0.1) is 5.41 Å². The van der Waals surface area contributed by atoms with E-state index in [4.69, 9.17) is 14.9 Å². The Labute approximate surface area is 205 Å². The summed E-state index contributed by atoms with van der Waals surface area (Å²) >= 11 is 4.76. The molecule has 0 aliphatic carbocycles. The average molecular weight is 527 g/mol. The number of halogens is 1. The Hall–Kier alpha value is -2.91. The van der Waals surface area contributed by atoms with Crippen LogP contribution in [0.3, 0.4) is 0 Å². The Morgan fingerprint density at radius 2 is 1.70 bits per heavy atom. The van der Waals surface area contributed by atoms with E-state index in [-0.39, 0.29) is 11.4 Å². The third kappa shape index (κ3) is 5.91. The van der Waals surface area contributed by atoms with Gasteiger partial charge in [-0.1, -0.05) is 41.4 Å². The average Bonchev–Trinajstić information content (AvgIpc) is 3.23. The minimum atomic E-state index is -0.420. The maximum atomic E-state index is 12.5. The van der Waals surface area contributed by atoms with Gasteiger partial charge in [0.05, 0.1) is 5.57 Å². The van der Waals surface area contributed by atoms with Crippen molar-refractivity contribution in [2.24, 2.45) is 10.1 Å². The minimum absolute atomic E-state index is 0.0504. The van der Waals surface area contributed by atoms with E-state index < -0.39 is 5.91 Å². The summed E-state index contributed by atoms with van der Waals surface area (Å²) in [5.74, 6) is 1.11. The quantitative estimate of drug-likeness (QED) is 0.333. The van der Waals surface area contributed by atoms with E-state index in [2.05, 4.69) is 32.9 Å². The molecule has 1 amide bonds. The van der Waals surface area contributed by atoms with Gasteiger partial charge in [0.25, 0.3) is 5.91 Å². The molecule has 9 heteroatoms. The van der Waals surface area contributed by atoms with Crippen LogP contribution in [0.15, 0.2) is 68.7 Å². The topological polar surface area (TPSA) is 87.3 Å². The van der Waals surface area contributed by atoms with Gasteiger partial charge in [-0.15, -0.1) is 0 Å². The van der Waals surface area contributed by atoms with Gasteiger partial charge in [0.2, 0.25) is 5.17 Å². The Bertz CT molecular complexity index is 1130. The smallest absolute Gasteiger partial charge is 0.283 e. The molecule has 1 N–H and O–H groups in total. The lowest BCUT2D eigenvalue weighted by Gasteiger charge is -2.20. The van der Waals surface area contributed by atoms with Crippen molar-refractivity contribution in [1.29, 1.82) is 5.41 Å². The molecule has 0 aromatic heterocycles. The van der Waals surface area contributed by atoms with Crippen molar-refractivity contribution >= 4 is 55.7 Å². The predicted molar refractivity (Wildman–Crippen MR) is 136 cm³/mol. The number of hydrogen-bond acceptors (Lipinski definition) is 6. The van der Waals surface area contributed by atoms with Crippen LogP contribution in [0.1, 0.15) is 31.7 Å². The number of nitrogens with zero attached hydrogens (tertiary/aromatic N) is 3. The fraction of sp³-hybridized carbons (Fsp3) is 0.250. The Morgan fingerprint density at radius 1 is 1.06 bits per heavy atom. The number of ether oxygens (including phenoxy) is 2. The molecule has 0 fully saturated rings. The molecule has 33 heavy (non-hydrogen) atoms. The molecule has 2 aliphatic heterocycles. The second-order valence-electron chi connectivity index (χ2n) is 7.34. The molecular weight excluding hydrogens is 504 g/mol. The maximum absolute atomic E-state index is 12.5. The van der Waals surface area contributed by atoms with Crippen LogP contribution >= 0.6 is 27.7 Å². The highest BCUT2D eigenvalue weighted by Gasteiger charge is 2.35. The van der Waals surface area contributed by atoms with Gasteiger partial charge in [0.15, 0.2) is 5.84 Å². The number of unbranched alkanes of at least 4 members (excludes halogenated alkanes) is 1. The van der Waals surface area contributed by atoms with Crippen molar-refractivity contribution < 1.29 is 14.3 Å². The summed E-state index contributed by atoms with van der Waals surface area (Å²) in [4.78, 5) is 16.7. The van der Waals surface area contributed by atoms with Crippen LogP contribution in [-0.2, 0) is 4.79 Å². The number of carbonyl (C=O) groups excluding carboxylic acids is 1. The Morgan fingerprint density at radius 3 is 2.33 bits per heavy atom. The number of aliphatic imine (C=N–C) groups is 1. The summed E-state index contributed by atoms with van der Waals surface area (Å²) in [6.45, 7) is 2.95. The lowest BCUT2D eigenvalue weighted by atomic mass is 10.1. The number of benzene rings is 2. The van der Waals surface area contributed by atoms with Gasteiger partial charge >= 0.3 is 0 Å². The van der Waals surface area contributed by atoms with Gasteiger partial charge in [0, 0.05) is 4.47 Å². The molecule has 0 radical (unpaired) electrons. The van der Waals surface area contributed by atoms with Gasteiger partial charge < -0.3 is 9.47 Å². The molecule has 0 saturated heterocycles. The molecule has 2 aromatic rings. The van der Waals surface area contributed by atoms with Crippen molar-refractivity contribution in [2.75, 3.05) is 13.2 Å². The van der Waals surface area contributed by atoms with Crippen LogP contribution in [-0.4, -0.2) is 40.2 Å². The van der Waals surface area contributed by atoms with Crippen LogP contribution in [0.25, 0.3) is 6.08 Å². The number of amidine groups is 2. The highest BCUT2D eigenvalue weighted by molar-refractivity contribution is 9.10. The molecular formula is C24H23BrN4O3S. The number of amides is 1. The van der Waals surface area contributed by atoms with Gasteiger partial charge in [-0.2, -0.15) is 15.1 Å². The fourth-order valence-electron chi connectivity index (χ4n) is 3.14. The van der Waals surface area contributed by atoms with Gasteiger partial charge in [0.1, 0.15) is 29.8 Å². The number of nitrogens with one attached hydrogen (secondary N) is 1. The van der Waals surface area contributed by atoms with Crippen LogP contribution in [0.2, 0.25) is 0 Å². The van der Waals surface area contributed by atoms with Crippen molar-refractivity contribution in [3.63, 3.8) is 0 Å². The molecule has 0 saturated carbocycles. The molecule has 7 nitrogen and oxygen atoms in total. The SMILES string of the molecule is CCCCC1=NN2C(=N)/C(=C/c3ccc(OCCOc4ccc(Br)cc4)cc3)C(=O)N=C2S1. The summed E-state index contributed by atoms with van der Waals surface area (Å²) in [7, 11) is 0. The van der Waals surface area contributed by atoms with Gasteiger partial charge in [-0.25, -0.2) is 0 Å². The highest BCUT2D eigenvalue weighted by Crippen LogP contribution is 2.30. The standard InChI is InChI=1S/C24H23BrN4O3S/c1-2-3-4-21-28-29-22(26)20(23(30)27-24(29)33-21)15-16-5-9-18(10-6-16)31-13-14-32-19-11-7-17(25)8-12-19/h5-12,15,26H,2-4,13-14H2,1H3/b20-15-,26-22?. The van der Waals surface area contributed by atoms with E-state index in [1.807, 2.05) is 48.5 Å². The molecule has 0 spiro atoms. The number of rotatable bonds is 9. The van der Waals surface area contributed by atoms with E-state index >= 15 is 0 Å². The first kappa shape index (κ1) is 23.3. The third-order valence-electron chi connectivity index (χ3n) is 4.87. The van der Waals surface area contributed by atoms with E-state index in [0.29, 0.717) is 24.1 Å². The molecule has 2 aliphatic rings. The summed E-state index contributed by atoms with van der Waals surface area (Å²) in [5, 5.41) is 15.7. The summed E-state index contributed by atoms with van der Waals surface area (Å²) in [5.41, 5.74) is 0.999. The van der Waals surface area contributed by atoms with Crippen molar-refractivity contribution in [3.05, 3.63) is 64.1 Å². The molecule has 4 rings (SSSR count). The lowest BCUT2D eigenvalue weighted by Crippen LogP contribution is -2.35. The largest absolute Gasteiger partial charge is 0.490 e. The predicted octanol–water partition coefficient (Wildman–Crippen LogP) is 5.72. The Balaban J connectivity index is 1.34. The third-order valence-corrected chi connectivity index (χ3v) is 6.36. The normalized spacial score (nSPS) is 16.5.